The Kier molecular flexibility index (Phi) is 5.69. The van der Waals surface area contributed by atoms with Crippen LogP contribution in [0, 0.1) is 5.92 Å². The number of nitrogens with zero attached hydrogens (tertiary/aromatic N) is 2. The molecule has 2 N–H and O–H groups in total. The van der Waals surface area contributed by atoms with Crippen LogP contribution >= 0.6 is 0 Å². The van der Waals surface area contributed by atoms with Gasteiger partial charge in [0.1, 0.15) is 0 Å². The van der Waals surface area contributed by atoms with Gasteiger partial charge < -0.3 is 10.6 Å². The van der Waals surface area contributed by atoms with Gasteiger partial charge in [0.15, 0.2) is 0 Å². The van der Waals surface area contributed by atoms with Crippen molar-refractivity contribution in [2.75, 3.05) is 13.1 Å². The summed E-state index contributed by atoms with van der Waals surface area (Å²) in [6.07, 6.45) is 3.67. The Bertz CT molecular complexity index is 321. The van der Waals surface area contributed by atoms with E-state index >= 15 is 0 Å². The molecule has 0 aliphatic rings. The molecule has 1 atom stereocenters. The molecular formula is C12H22N4O. The zero-order chi connectivity index (χ0) is 12.7. The normalized spacial score (nSPS) is 12.7. The molecule has 17 heavy (non-hydrogen) atoms. The van der Waals surface area contributed by atoms with Crippen LogP contribution in [0.5, 0.6) is 0 Å². The predicted octanol–water partition coefficient (Wildman–Crippen LogP) is 0.633. The second kappa shape index (κ2) is 7.06. The minimum absolute atomic E-state index is 0.0472. The highest BCUT2D eigenvalue weighted by atomic mass is 16.1. The summed E-state index contributed by atoms with van der Waals surface area (Å²) in [5, 5.41) is 10.2. The van der Waals surface area contributed by atoms with Crippen molar-refractivity contribution in [1.82, 2.24) is 20.4 Å². The van der Waals surface area contributed by atoms with Crippen LogP contribution in [0.15, 0.2) is 18.5 Å². The first-order chi connectivity index (χ1) is 8.08. The first kappa shape index (κ1) is 13.7. The summed E-state index contributed by atoms with van der Waals surface area (Å²) in [5.74, 6) is 0.534. The number of hydrogen-bond acceptors (Lipinski definition) is 3. The molecule has 5 nitrogen and oxygen atoms in total. The molecule has 0 aliphatic heterocycles. The van der Waals surface area contributed by atoms with Crippen molar-refractivity contribution in [2.45, 2.75) is 33.4 Å². The number of aromatic nitrogens is 2. The molecule has 1 heterocycles. The lowest BCUT2D eigenvalue weighted by Crippen LogP contribution is -2.40. The number of rotatable bonds is 7. The largest absolute Gasteiger partial charge is 0.355 e. The van der Waals surface area contributed by atoms with E-state index in [1.54, 1.807) is 6.20 Å². The molecule has 1 rings (SSSR count). The molecule has 5 heteroatoms. The summed E-state index contributed by atoms with van der Waals surface area (Å²) < 4.78 is 1.85. The van der Waals surface area contributed by atoms with E-state index in [1.165, 1.54) is 0 Å². The van der Waals surface area contributed by atoms with E-state index in [-0.39, 0.29) is 11.9 Å². The molecule has 0 aliphatic carbocycles. The van der Waals surface area contributed by atoms with Crippen molar-refractivity contribution in [3.63, 3.8) is 0 Å². The maximum absolute atomic E-state index is 11.5. The van der Waals surface area contributed by atoms with Gasteiger partial charge in [-0.25, -0.2) is 0 Å². The lowest BCUT2D eigenvalue weighted by molar-refractivity contribution is -0.120. The van der Waals surface area contributed by atoms with Crippen molar-refractivity contribution in [3.05, 3.63) is 18.5 Å². The minimum atomic E-state index is 0.0472. The molecule has 1 aromatic rings. The van der Waals surface area contributed by atoms with Crippen LogP contribution in [-0.4, -0.2) is 34.8 Å². The summed E-state index contributed by atoms with van der Waals surface area (Å²) in [5.41, 5.74) is 0. The molecule has 0 fully saturated rings. The smallest absolute Gasteiger partial charge is 0.233 e. The van der Waals surface area contributed by atoms with Crippen LogP contribution in [0.2, 0.25) is 0 Å². The molecule has 96 valence electrons. The molecule has 1 unspecified atom stereocenters. The average molecular weight is 238 g/mol. The Hall–Kier alpha value is -1.36. The monoisotopic (exact) mass is 238 g/mol. The molecule has 0 saturated heterocycles. The van der Waals surface area contributed by atoms with E-state index in [1.807, 2.05) is 23.9 Å². The molecule has 1 amide bonds. The van der Waals surface area contributed by atoms with Crippen LogP contribution in [0.25, 0.3) is 0 Å². The SMILES string of the molecule is CC(C)CNC(=O)CNC(C)Cn1cccn1. The third kappa shape index (κ3) is 6.06. The minimum Gasteiger partial charge on any atom is -0.355 e. The molecule has 0 radical (unpaired) electrons. The Balaban J connectivity index is 2.15. The van der Waals surface area contributed by atoms with Gasteiger partial charge >= 0.3 is 0 Å². The van der Waals surface area contributed by atoms with Crippen LogP contribution in [0.1, 0.15) is 20.8 Å². The number of nitrogens with one attached hydrogen (secondary N) is 2. The standard InChI is InChI=1S/C12H22N4O/c1-10(2)7-14-12(17)8-13-11(3)9-16-6-4-5-15-16/h4-6,10-11,13H,7-9H2,1-3H3,(H,14,17). The Labute approximate surface area is 103 Å². The van der Waals surface area contributed by atoms with E-state index in [9.17, 15) is 4.79 Å². The fourth-order valence-electron chi connectivity index (χ4n) is 1.40. The van der Waals surface area contributed by atoms with Gasteiger partial charge in [-0.3, -0.25) is 9.48 Å². The van der Waals surface area contributed by atoms with Gasteiger partial charge in [0, 0.05) is 25.0 Å². The van der Waals surface area contributed by atoms with E-state index in [0.717, 1.165) is 13.1 Å². The van der Waals surface area contributed by atoms with E-state index in [0.29, 0.717) is 12.5 Å². The second-order valence-electron chi connectivity index (χ2n) is 4.71. The van der Waals surface area contributed by atoms with Crippen molar-refractivity contribution >= 4 is 5.91 Å². The molecule has 0 aromatic carbocycles. The summed E-state index contributed by atoms with van der Waals surface area (Å²) in [4.78, 5) is 11.5. The third-order valence-electron chi connectivity index (χ3n) is 2.34. The quantitative estimate of drug-likeness (QED) is 0.732. The van der Waals surface area contributed by atoms with Crippen LogP contribution in [0.3, 0.4) is 0 Å². The van der Waals surface area contributed by atoms with E-state index < -0.39 is 0 Å². The fraction of sp³-hybridized carbons (Fsp3) is 0.667. The molecular weight excluding hydrogens is 216 g/mol. The summed E-state index contributed by atoms with van der Waals surface area (Å²) >= 11 is 0. The highest BCUT2D eigenvalue weighted by molar-refractivity contribution is 5.77. The van der Waals surface area contributed by atoms with Gasteiger partial charge in [-0.2, -0.15) is 5.10 Å². The second-order valence-corrected chi connectivity index (χ2v) is 4.71. The van der Waals surface area contributed by atoms with Crippen LogP contribution in [0.4, 0.5) is 0 Å². The fourth-order valence-corrected chi connectivity index (χ4v) is 1.40. The molecule has 1 aromatic heterocycles. The van der Waals surface area contributed by atoms with E-state index in [4.69, 9.17) is 0 Å². The summed E-state index contributed by atoms with van der Waals surface area (Å²) in [6, 6.07) is 2.11. The topological polar surface area (TPSA) is 59.0 Å². The number of amides is 1. The third-order valence-corrected chi connectivity index (χ3v) is 2.34. The highest BCUT2D eigenvalue weighted by Crippen LogP contribution is 1.90. The maximum Gasteiger partial charge on any atom is 0.233 e. The van der Waals surface area contributed by atoms with Gasteiger partial charge in [-0.15, -0.1) is 0 Å². The zero-order valence-electron chi connectivity index (χ0n) is 10.8. The number of hydrogen-bond donors (Lipinski definition) is 2. The Morgan fingerprint density at radius 2 is 2.18 bits per heavy atom. The van der Waals surface area contributed by atoms with Crippen molar-refractivity contribution < 1.29 is 4.79 Å². The van der Waals surface area contributed by atoms with Crippen molar-refractivity contribution in [3.8, 4) is 0 Å². The van der Waals surface area contributed by atoms with Gasteiger partial charge in [0.25, 0.3) is 0 Å². The summed E-state index contributed by atoms with van der Waals surface area (Å²) in [6.45, 7) is 8.05. The molecule has 0 spiro atoms. The highest BCUT2D eigenvalue weighted by Gasteiger charge is 2.06. The van der Waals surface area contributed by atoms with Gasteiger partial charge in [0.05, 0.1) is 13.1 Å². The van der Waals surface area contributed by atoms with Crippen LogP contribution < -0.4 is 10.6 Å². The summed E-state index contributed by atoms with van der Waals surface area (Å²) in [7, 11) is 0. The van der Waals surface area contributed by atoms with E-state index in [2.05, 4.69) is 29.6 Å². The number of carbonyl (C=O) groups excluding carboxylic acids is 1. The molecule has 0 saturated carbocycles. The van der Waals surface area contributed by atoms with Crippen molar-refractivity contribution in [1.29, 1.82) is 0 Å². The first-order valence-electron chi connectivity index (χ1n) is 6.05. The zero-order valence-corrected chi connectivity index (χ0v) is 10.8. The lowest BCUT2D eigenvalue weighted by Gasteiger charge is -2.14. The van der Waals surface area contributed by atoms with Crippen LogP contribution in [-0.2, 0) is 11.3 Å². The predicted molar refractivity (Wildman–Crippen MR) is 67.5 cm³/mol. The lowest BCUT2D eigenvalue weighted by atomic mass is 10.2. The van der Waals surface area contributed by atoms with Gasteiger partial charge in [-0.05, 0) is 18.9 Å². The first-order valence-corrected chi connectivity index (χ1v) is 6.05. The maximum atomic E-state index is 11.5. The number of carbonyl (C=O) groups is 1. The van der Waals surface area contributed by atoms with Gasteiger partial charge in [0.2, 0.25) is 5.91 Å². The molecule has 0 bridgehead atoms. The van der Waals surface area contributed by atoms with Crippen molar-refractivity contribution in [2.24, 2.45) is 5.92 Å². The Morgan fingerprint density at radius 3 is 2.76 bits per heavy atom. The van der Waals surface area contributed by atoms with Gasteiger partial charge in [-0.1, -0.05) is 13.8 Å². The Morgan fingerprint density at radius 1 is 1.41 bits per heavy atom. The average Bonchev–Trinajstić information content (AvgIpc) is 2.76.